The summed E-state index contributed by atoms with van der Waals surface area (Å²) in [5, 5.41) is 19.2. The molecular formula is C17H19N5O. The Kier molecular flexibility index (Phi) is 3.09. The van der Waals surface area contributed by atoms with Gasteiger partial charge in [-0.25, -0.2) is 9.97 Å². The van der Waals surface area contributed by atoms with Gasteiger partial charge in [-0.3, -0.25) is 4.68 Å². The average Bonchev–Trinajstić information content (AvgIpc) is 2.97. The maximum atomic E-state index is 10.5. The van der Waals surface area contributed by atoms with E-state index in [0.717, 1.165) is 28.1 Å². The summed E-state index contributed by atoms with van der Waals surface area (Å²) in [4.78, 5) is 9.04. The number of aryl methyl sites for hydroxylation is 3. The van der Waals surface area contributed by atoms with Crippen LogP contribution in [0.3, 0.4) is 0 Å². The molecule has 2 atom stereocenters. The molecule has 0 saturated carbocycles. The predicted octanol–water partition coefficient (Wildman–Crippen LogP) is 2.05. The summed E-state index contributed by atoms with van der Waals surface area (Å²) in [5.41, 5.74) is 4.00. The van der Waals surface area contributed by atoms with Crippen molar-refractivity contribution in [2.24, 2.45) is 7.05 Å². The van der Waals surface area contributed by atoms with Crippen LogP contribution < -0.4 is 5.32 Å². The molecule has 0 fully saturated rings. The van der Waals surface area contributed by atoms with Gasteiger partial charge in [-0.05, 0) is 25.0 Å². The lowest BCUT2D eigenvalue weighted by Crippen LogP contribution is -2.22. The smallest absolute Gasteiger partial charge is 0.163 e. The summed E-state index contributed by atoms with van der Waals surface area (Å²) < 4.78 is 1.77. The second-order valence-electron chi connectivity index (χ2n) is 6.12. The molecular weight excluding hydrogens is 290 g/mol. The van der Waals surface area contributed by atoms with Gasteiger partial charge >= 0.3 is 0 Å². The van der Waals surface area contributed by atoms with E-state index in [0.29, 0.717) is 12.2 Å². The number of nitrogens with zero attached hydrogens (tertiary/aromatic N) is 4. The van der Waals surface area contributed by atoms with Crippen molar-refractivity contribution >= 4 is 16.9 Å². The Morgan fingerprint density at radius 3 is 2.83 bits per heavy atom. The van der Waals surface area contributed by atoms with Gasteiger partial charge in [-0.1, -0.05) is 24.3 Å². The minimum absolute atomic E-state index is 0.164. The number of aromatic nitrogens is 4. The van der Waals surface area contributed by atoms with Crippen molar-refractivity contribution in [3.63, 3.8) is 0 Å². The number of nitrogens with one attached hydrogen (secondary N) is 1. The topological polar surface area (TPSA) is 75.9 Å². The normalized spacial score (nSPS) is 20.0. The third-order valence-electron chi connectivity index (χ3n) is 4.47. The highest BCUT2D eigenvalue weighted by Gasteiger charge is 2.31. The zero-order valence-electron chi connectivity index (χ0n) is 13.4. The molecule has 0 saturated heterocycles. The molecule has 1 aliphatic carbocycles. The first-order valence-corrected chi connectivity index (χ1v) is 7.75. The van der Waals surface area contributed by atoms with E-state index >= 15 is 0 Å². The third-order valence-corrected chi connectivity index (χ3v) is 4.47. The van der Waals surface area contributed by atoms with Crippen molar-refractivity contribution < 1.29 is 5.11 Å². The van der Waals surface area contributed by atoms with Crippen LogP contribution in [-0.2, 0) is 13.5 Å². The van der Waals surface area contributed by atoms with E-state index in [9.17, 15) is 5.11 Å². The summed E-state index contributed by atoms with van der Waals surface area (Å²) in [5.74, 6) is 1.42. The van der Waals surface area contributed by atoms with Gasteiger partial charge in [0.25, 0.3) is 0 Å². The van der Waals surface area contributed by atoms with E-state index in [1.54, 1.807) is 4.68 Å². The maximum absolute atomic E-state index is 10.5. The van der Waals surface area contributed by atoms with Crippen LogP contribution in [0.25, 0.3) is 11.0 Å². The highest BCUT2D eigenvalue weighted by atomic mass is 16.3. The zero-order valence-corrected chi connectivity index (χ0v) is 13.4. The molecule has 1 aromatic carbocycles. The van der Waals surface area contributed by atoms with Gasteiger partial charge < -0.3 is 10.4 Å². The lowest BCUT2D eigenvalue weighted by molar-refractivity contribution is 0.165. The molecule has 3 aromatic rings. The molecule has 0 aliphatic heterocycles. The molecule has 0 amide bonds. The number of hydrogen-bond acceptors (Lipinski definition) is 5. The minimum atomic E-state index is -0.463. The number of aliphatic hydroxyl groups is 1. The summed E-state index contributed by atoms with van der Waals surface area (Å²) >= 11 is 0. The van der Waals surface area contributed by atoms with E-state index in [2.05, 4.69) is 32.5 Å². The Morgan fingerprint density at radius 2 is 2.00 bits per heavy atom. The lowest BCUT2D eigenvalue weighted by atomic mass is 10.1. The largest absolute Gasteiger partial charge is 0.390 e. The predicted molar refractivity (Wildman–Crippen MR) is 88.3 cm³/mol. The number of fused-ring (bicyclic) bond motifs is 2. The van der Waals surface area contributed by atoms with Crippen LogP contribution in [0.4, 0.5) is 5.82 Å². The Balaban J connectivity index is 1.82. The second kappa shape index (κ2) is 5.03. The average molecular weight is 309 g/mol. The van der Waals surface area contributed by atoms with Gasteiger partial charge in [0.05, 0.1) is 23.2 Å². The van der Waals surface area contributed by atoms with Crippen molar-refractivity contribution in [2.45, 2.75) is 32.4 Å². The first-order chi connectivity index (χ1) is 11.0. The van der Waals surface area contributed by atoms with E-state index in [-0.39, 0.29) is 6.04 Å². The molecule has 0 unspecified atom stereocenters. The van der Waals surface area contributed by atoms with Gasteiger partial charge in [-0.15, -0.1) is 0 Å². The molecule has 0 spiro atoms. The van der Waals surface area contributed by atoms with Crippen molar-refractivity contribution in [2.75, 3.05) is 5.32 Å². The van der Waals surface area contributed by atoms with Crippen molar-refractivity contribution in [1.82, 2.24) is 19.7 Å². The fourth-order valence-corrected chi connectivity index (χ4v) is 3.45. The number of hydrogen-bond donors (Lipinski definition) is 2. The van der Waals surface area contributed by atoms with Gasteiger partial charge in [0.1, 0.15) is 11.6 Å². The molecule has 118 valence electrons. The van der Waals surface area contributed by atoms with Crippen LogP contribution in [0.15, 0.2) is 24.3 Å². The number of benzene rings is 1. The van der Waals surface area contributed by atoms with E-state index in [1.807, 2.05) is 33.0 Å². The fourth-order valence-electron chi connectivity index (χ4n) is 3.45. The summed E-state index contributed by atoms with van der Waals surface area (Å²) in [6.45, 7) is 3.82. The van der Waals surface area contributed by atoms with Crippen LogP contribution in [0.5, 0.6) is 0 Å². The van der Waals surface area contributed by atoms with Gasteiger partial charge in [0, 0.05) is 13.5 Å². The Bertz CT molecular complexity index is 901. The lowest BCUT2D eigenvalue weighted by Gasteiger charge is -2.19. The van der Waals surface area contributed by atoms with Crippen molar-refractivity contribution in [3.05, 3.63) is 46.9 Å². The molecule has 6 heteroatoms. The molecule has 0 radical (unpaired) electrons. The molecule has 0 bridgehead atoms. The van der Waals surface area contributed by atoms with Crippen molar-refractivity contribution in [3.8, 4) is 0 Å². The second-order valence-corrected chi connectivity index (χ2v) is 6.12. The van der Waals surface area contributed by atoms with Crippen LogP contribution in [0.1, 0.15) is 28.7 Å². The quantitative estimate of drug-likeness (QED) is 0.758. The highest BCUT2D eigenvalue weighted by Crippen LogP contribution is 2.35. The number of rotatable bonds is 2. The van der Waals surface area contributed by atoms with E-state index in [1.165, 1.54) is 5.56 Å². The summed E-state index contributed by atoms with van der Waals surface area (Å²) in [6, 6.07) is 7.97. The van der Waals surface area contributed by atoms with Gasteiger partial charge in [-0.2, -0.15) is 5.10 Å². The van der Waals surface area contributed by atoms with Gasteiger partial charge in [0.15, 0.2) is 5.65 Å². The molecule has 2 aromatic heterocycles. The van der Waals surface area contributed by atoms with Crippen LogP contribution in [0, 0.1) is 13.8 Å². The van der Waals surface area contributed by atoms with Crippen LogP contribution in [0.2, 0.25) is 0 Å². The molecule has 23 heavy (non-hydrogen) atoms. The fraction of sp³-hybridized carbons (Fsp3) is 0.353. The Morgan fingerprint density at radius 1 is 1.22 bits per heavy atom. The summed E-state index contributed by atoms with van der Waals surface area (Å²) in [6.07, 6.45) is 0.197. The van der Waals surface area contributed by atoms with Crippen LogP contribution >= 0.6 is 0 Å². The molecule has 1 aliphatic rings. The monoisotopic (exact) mass is 309 g/mol. The first kappa shape index (κ1) is 14.1. The first-order valence-electron chi connectivity index (χ1n) is 7.75. The molecule has 2 heterocycles. The minimum Gasteiger partial charge on any atom is -0.390 e. The van der Waals surface area contributed by atoms with Crippen molar-refractivity contribution in [1.29, 1.82) is 0 Å². The van der Waals surface area contributed by atoms with E-state index in [4.69, 9.17) is 0 Å². The Labute approximate surface area is 134 Å². The zero-order chi connectivity index (χ0) is 16.1. The highest BCUT2D eigenvalue weighted by molar-refractivity contribution is 5.89. The number of anilines is 1. The maximum Gasteiger partial charge on any atom is 0.163 e. The molecule has 6 nitrogen and oxygen atoms in total. The van der Waals surface area contributed by atoms with Gasteiger partial charge in [0.2, 0.25) is 0 Å². The SMILES string of the molecule is Cc1nc(N[C@@H]2c3ccccc3C[C@@H]2O)c2c(C)nn(C)c2n1. The Hall–Kier alpha value is -2.47. The standard InChI is InChI=1S/C17H19N5O/c1-9-14-16(18-10(2)19-17(14)22(3)21-9)20-15-12-7-5-4-6-11(12)8-13(15)23/h4-7,13,15,23H,8H2,1-3H3,(H,18,19,20)/t13-,15+/m0/s1. The van der Waals surface area contributed by atoms with Crippen LogP contribution in [-0.4, -0.2) is 31.0 Å². The third kappa shape index (κ3) is 2.17. The number of aliphatic hydroxyl groups excluding tert-OH is 1. The summed E-state index contributed by atoms with van der Waals surface area (Å²) in [7, 11) is 1.88. The molecule has 2 N–H and O–H groups in total. The van der Waals surface area contributed by atoms with E-state index < -0.39 is 6.10 Å². The molecule has 4 rings (SSSR count).